The van der Waals surface area contributed by atoms with Gasteiger partial charge in [-0.15, -0.1) is 0 Å². The van der Waals surface area contributed by atoms with Crippen molar-refractivity contribution in [3.8, 4) is 5.75 Å². The van der Waals surface area contributed by atoms with Gasteiger partial charge >= 0.3 is 5.97 Å². The van der Waals surface area contributed by atoms with E-state index >= 15 is 0 Å². The van der Waals surface area contributed by atoms with Crippen molar-refractivity contribution < 1.29 is 14.6 Å². The van der Waals surface area contributed by atoms with Crippen LogP contribution in [0.15, 0.2) is 54.7 Å². The Labute approximate surface area is 128 Å². The average Bonchev–Trinajstić information content (AvgIpc) is 2.96. The van der Waals surface area contributed by atoms with Gasteiger partial charge in [-0.2, -0.15) is 0 Å². The van der Waals surface area contributed by atoms with Crippen molar-refractivity contribution in [2.45, 2.75) is 12.3 Å². The van der Waals surface area contributed by atoms with Crippen LogP contribution in [-0.2, 0) is 4.79 Å². The van der Waals surface area contributed by atoms with Gasteiger partial charge in [0.25, 0.3) is 0 Å². The highest BCUT2D eigenvalue weighted by molar-refractivity contribution is 5.85. The number of aliphatic carboxylic acids is 1. The SMILES string of the molecule is COc1ccccc1[C@H](CC(=O)O)c1c[nH]c2ccccc12. The number of methoxy groups -OCH3 is 1. The highest BCUT2D eigenvalue weighted by atomic mass is 16.5. The molecule has 0 saturated carbocycles. The summed E-state index contributed by atoms with van der Waals surface area (Å²) in [6.45, 7) is 0. The predicted octanol–water partition coefficient (Wildman–Crippen LogP) is 3.78. The molecule has 112 valence electrons. The minimum Gasteiger partial charge on any atom is -0.496 e. The summed E-state index contributed by atoms with van der Waals surface area (Å²) < 4.78 is 5.41. The molecule has 0 spiro atoms. The molecule has 4 heteroatoms. The van der Waals surface area contributed by atoms with Gasteiger partial charge < -0.3 is 14.8 Å². The van der Waals surface area contributed by atoms with Crippen molar-refractivity contribution in [1.29, 1.82) is 0 Å². The number of aromatic nitrogens is 1. The molecular formula is C18H17NO3. The summed E-state index contributed by atoms with van der Waals surface area (Å²) >= 11 is 0. The minimum absolute atomic E-state index is 0.0161. The largest absolute Gasteiger partial charge is 0.496 e. The fraction of sp³-hybridized carbons (Fsp3) is 0.167. The Morgan fingerprint density at radius 1 is 1.14 bits per heavy atom. The first-order chi connectivity index (χ1) is 10.7. The number of aromatic amines is 1. The summed E-state index contributed by atoms with van der Waals surface area (Å²) in [4.78, 5) is 14.6. The first-order valence-electron chi connectivity index (χ1n) is 7.11. The third-order valence-corrected chi connectivity index (χ3v) is 3.89. The van der Waals surface area contributed by atoms with E-state index in [0.29, 0.717) is 5.75 Å². The maximum absolute atomic E-state index is 11.4. The summed E-state index contributed by atoms with van der Waals surface area (Å²) in [6, 6.07) is 15.5. The Balaban J connectivity index is 2.16. The number of rotatable bonds is 5. The zero-order chi connectivity index (χ0) is 15.5. The molecule has 3 aromatic rings. The number of carboxylic acids is 1. The van der Waals surface area contributed by atoms with Crippen molar-refractivity contribution in [2.24, 2.45) is 0 Å². The maximum atomic E-state index is 11.4. The first kappa shape index (κ1) is 14.2. The molecule has 4 nitrogen and oxygen atoms in total. The fourth-order valence-corrected chi connectivity index (χ4v) is 2.90. The second-order valence-corrected chi connectivity index (χ2v) is 5.18. The topological polar surface area (TPSA) is 62.3 Å². The summed E-state index contributed by atoms with van der Waals surface area (Å²) in [5, 5.41) is 10.4. The molecule has 0 aliphatic carbocycles. The number of ether oxygens (including phenoxy) is 1. The molecule has 1 atom stereocenters. The van der Waals surface area contributed by atoms with E-state index in [-0.39, 0.29) is 12.3 Å². The lowest BCUT2D eigenvalue weighted by Gasteiger charge is -2.18. The predicted molar refractivity (Wildman–Crippen MR) is 85.4 cm³/mol. The Morgan fingerprint density at radius 2 is 1.86 bits per heavy atom. The summed E-state index contributed by atoms with van der Waals surface area (Å²) in [6.07, 6.45) is 1.91. The summed E-state index contributed by atoms with van der Waals surface area (Å²) in [7, 11) is 1.60. The van der Waals surface area contributed by atoms with Crippen molar-refractivity contribution in [3.05, 3.63) is 65.9 Å². The molecule has 22 heavy (non-hydrogen) atoms. The molecule has 0 amide bonds. The Bertz CT molecular complexity index is 807. The van der Waals surface area contributed by atoms with E-state index in [1.165, 1.54) is 0 Å². The molecular weight excluding hydrogens is 278 g/mol. The molecule has 0 fully saturated rings. The van der Waals surface area contributed by atoms with Crippen molar-refractivity contribution in [3.63, 3.8) is 0 Å². The van der Waals surface area contributed by atoms with E-state index in [2.05, 4.69) is 4.98 Å². The van der Waals surface area contributed by atoms with Crippen molar-refractivity contribution in [2.75, 3.05) is 7.11 Å². The molecule has 0 unspecified atom stereocenters. The lowest BCUT2D eigenvalue weighted by Crippen LogP contribution is -2.09. The van der Waals surface area contributed by atoms with Crippen LogP contribution in [0.1, 0.15) is 23.5 Å². The molecule has 3 rings (SSSR count). The van der Waals surface area contributed by atoms with Gasteiger partial charge in [0.05, 0.1) is 13.5 Å². The van der Waals surface area contributed by atoms with E-state index in [4.69, 9.17) is 4.74 Å². The number of hydrogen-bond acceptors (Lipinski definition) is 2. The zero-order valence-corrected chi connectivity index (χ0v) is 12.2. The molecule has 2 aromatic carbocycles. The third kappa shape index (κ3) is 2.55. The minimum atomic E-state index is -0.832. The number of benzene rings is 2. The van der Waals surface area contributed by atoms with Crippen LogP contribution in [-0.4, -0.2) is 23.2 Å². The van der Waals surface area contributed by atoms with Gasteiger partial charge in [0, 0.05) is 28.6 Å². The van der Waals surface area contributed by atoms with Gasteiger partial charge in [0.1, 0.15) is 5.75 Å². The monoisotopic (exact) mass is 295 g/mol. The molecule has 0 aliphatic rings. The Morgan fingerprint density at radius 3 is 2.64 bits per heavy atom. The molecule has 1 aromatic heterocycles. The molecule has 2 N–H and O–H groups in total. The number of hydrogen-bond donors (Lipinski definition) is 2. The normalized spacial score (nSPS) is 12.2. The van der Waals surface area contributed by atoms with Gasteiger partial charge in [-0.05, 0) is 17.7 Å². The number of para-hydroxylation sites is 2. The number of fused-ring (bicyclic) bond motifs is 1. The smallest absolute Gasteiger partial charge is 0.304 e. The average molecular weight is 295 g/mol. The first-order valence-corrected chi connectivity index (χ1v) is 7.11. The standard InChI is InChI=1S/C18H17NO3/c1-22-17-9-5-3-7-13(17)14(10-18(20)21)15-11-19-16-8-4-2-6-12(15)16/h2-9,11,14,19H,10H2,1H3,(H,20,21)/t14-/m0/s1. The number of carbonyl (C=O) groups is 1. The lowest BCUT2D eigenvalue weighted by molar-refractivity contribution is -0.137. The number of nitrogens with one attached hydrogen (secondary N) is 1. The van der Waals surface area contributed by atoms with Gasteiger partial charge in [0.15, 0.2) is 0 Å². The van der Waals surface area contributed by atoms with Crippen LogP contribution < -0.4 is 4.74 Å². The molecule has 0 aliphatic heterocycles. The van der Waals surface area contributed by atoms with E-state index in [9.17, 15) is 9.90 Å². The maximum Gasteiger partial charge on any atom is 0.304 e. The van der Waals surface area contributed by atoms with Crippen LogP contribution in [0.4, 0.5) is 0 Å². The molecule has 0 bridgehead atoms. The van der Waals surface area contributed by atoms with Gasteiger partial charge in [-0.1, -0.05) is 36.4 Å². The van der Waals surface area contributed by atoms with Gasteiger partial charge in [-0.3, -0.25) is 4.79 Å². The van der Waals surface area contributed by atoms with E-state index in [1.54, 1.807) is 7.11 Å². The van der Waals surface area contributed by atoms with E-state index in [1.807, 2.05) is 54.7 Å². The summed E-state index contributed by atoms with van der Waals surface area (Å²) in [5.74, 6) is -0.384. The quantitative estimate of drug-likeness (QED) is 0.753. The number of H-pyrrole nitrogens is 1. The van der Waals surface area contributed by atoms with Crippen LogP contribution in [0, 0.1) is 0 Å². The van der Waals surface area contributed by atoms with Gasteiger partial charge in [0.2, 0.25) is 0 Å². The van der Waals surface area contributed by atoms with Crippen molar-refractivity contribution >= 4 is 16.9 Å². The van der Waals surface area contributed by atoms with Crippen LogP contribution in [0.3, 0.4) is 0 Å². The highest BCUT2D eigenvalue weighted by Crippen LogP contribution is 2.37. The van der Waals surface area contributed by atoms with E-state index < -0.39 is 5.97 Å². The van der Waals surface area contributed by atoms with Crippen LogP contribution in [0.25, 0.3) is 10.9 Å². The van der Waals surface area contributed by atoms with Gasteiger partial charge in [-0.25, -0.2) is 0 Å². The second-order valence-electron chi connectivity index (χ2n) is 5.18. The van der Waals surface area contributed by atoms with Crippen molar-refractivity contribution in [1.82, 2.24) is 4.98 Å². The second kappa shape index (κ2) is 5.93. The lowest BCUT2D eigenvalue weighted by atomic mass is 9.87. The Hall–Kier alpha value is -2.75. The van der Waals surface area contributed by atoms with E-state index in [0.717, 1.165) is 22.0 Å². The highest BCUT2D eigenvalue weighted by Gasteiger charge is 2.23. The molecule has 0 radical (unpaired) electrons. The Kier molecular flexibility index (Phi) is 3.83. The molecule has 0 saturated heterocycles. The summed E-state index contributed by atoms with van der Waals surface area (Å²) in [5.41, 5.74) is 2.86. The van der Waals surface area contributed by atoms with Crippen LogP contribution >= 0.6 is 0 Å². The zero-order valence-electron chi connectivity index (χ0n) is 12.2. The fourth-order valence-electron chi connectivity index (χ4n) is 2.90. The molecule has 1 heterocycles. The van der Waals surface area contributed by atoms with Crippen LogP contribution in [0.2, 0.25) is 0 Å². The third-order valence-electron chi connectivity index (χ3n) is 3.89. The number of carboxylic acid groups (broad SMARTS) is 1. The van der Waals surface area contributed by atoms with Crippen LogP contribution in [0.5, 0.6) is 5.75 Å².